The number of sulfonamides is 1. The van der Waals surface area contributed by atoms with Crippen LogP contribution in [0.25, 0.3) is 0 Å². The second-order valence-electron chi connectivity index (χ2n) is 5.79. The lowest BCUT2D eigenvalue weighted by Gasteiger charge is -2.32. The summed E-state index contributed by atoms with van der Waals surface area (Å²) in [5.41, 5.74) is 3.97. The number of fused-ring (bicyclic) bond motifs is 1. The van der Waals surface area contributed by atoms with Gasteiger partial charge < -0.3 is 9.26 Å². The second-order valence-corrected chi connectivity index (χ2v) is 7.68. The van der Waals surface area contributed by atoms with Crippen molar-refractivity contribution in [3.05, 3.63) is 40.8 Å². The van der Waals surface area contributed by atoms with Crippen molar-refractivity contribution in [1.29, 1.82) is 0 Å². The molecular formula is C16H20N2O4S. The van der Waals surface area contributed by atoms with Gasteiger partial charge in [-0.05, 0) is 43.9 Å². The monoisotopic (exact) mass is 336 g/mol. The highest BCUT2D eigenvalue weighted by molar-refractivity contribution is 7.92. The molecule has 3 rings (SSSR count). The molecule has 1 aromatic carbocycles. The molecule has 0 atom stereocenters. The number of aromatic nitrogens is 1. The Balaban J connectivity index is 2.06. The molecule has 2 aromatic rings. The van der Waals surface area contributed by atoms with Gasteiger partial charge >= 0.3 is 0 Å². The van der Waals surface area contributed by atoms with E-state index in [0.29, 0.717) is 23.7 Å². The SMILES string of the molecule is COc1ccc(C)c2c1N(S(=O)(=O)Cc1nocc1C)CCC2. The van der Waals surface area contributed by atoms with Gasteiger partial charge in [0.1, 0.15) is 23.5 Å². The number of nitrogens with zero attached hydrogens (tertiary/aromatic N) is 2. The van der Waals surface area contributed by atoms with Crippen LogP contribution in [-0.2, 0) is 22.2 Å². The Labute approximate surface area is 136 Å². The average molecular weight is 336 g/mol. The third kappa shape index (κ3) is 2.81. The molecule has 0 spiro atoms. The number of benzene rings is 1. The van der Waals surface area contributed by atoms with E-state index in [1.54, 1.807) is 14.0 Å². The van der Waals surface area contributed by atoms with Crippen molar-refractivity contribution < 1.29 is 17.7 Å². The molecule has 1 aliphatic heterocycles. The summed E-state index contributed by atoms with van der Waals surface area (Å²) in [5.74, 6) is 0.414. The van der Waals surface area contributed by atoms with Gasteiger partial charge in [-0.3, -0.25) is 4.31 Å². The first-order chi connectivity index (χ1) is 10.9. The third-order valence-corrected chi connectivity index (χ3v) is 5.91. The van der Waals surface area contributed by atoms with Crippen molar-refractivity contribution in [2.45, 2.75) is 32.4 Å². The molecule has 0 unspecified atom stereocenters. The standard InChI is InChI=1S/C16H20N2O4S/c1-11-6-7-15(21-3)16-13(11)5-4-8-18(16)23(19,20)10-14-12(2)9-22-17-14/h6-7,9H,4-5,8,10H2,1-3H3. The van der Waals surface area contributed by atoms with Gasteiger partial charge in [-0.25, -0.2) is 8.42 Å². The van der Waals surface area contributed by atoms with Crippen LogP contribution in [0.5, 0.6) is 5.75 Å². The summed E-state index contributed by atoms with van der Waals surface area (Å²) in [6.45, 7) is 4.23. The summed E-state index contributed by atoms with van der Waals surface area (Å²) in [7, 11) is -2.00. The number of hydrogen-bond acceptors (Lipinski definition) is 5. The maximum atomic E-state index is 12.9. The van der Waals surface area contributed by atoms with E-state index >= 15 is 0 Å². The van der Waals surface area contributed by atoms with Crippen LogP contribution >= 0.6 is 0 Å². The van der Waals surface area contributed by atoms with E-state index in [9.17, 15) is 8.42 Å². The highest BCUT2D eigenvalue weighted by atomic mass is 32.2. The van der Waals surface area contributed by atoms with Gasteiger partial charge in [0.25, 0.3) is 0 Å². The molecule has 7 heteroatoms. The number of methoxy groups -OCH3 is 1. The van der Waals surface area contributed by atoms with E-state index in [0.717, 1.165) is 29.5 Å². The molecule has 0 amide bonds. The highest BCUT2D eigenvalue weighted by Gasteiger charge is 2.32. The Morgan fingerprint density at radius 3 is 2.74 bits per heavy atom. The zero-order chi connectivity index (χ0) is 16.6. The first-order valence-electron chi connectivity index (χ1n) is 7.51. The van der Waals surface area contributed by atoms with E-state index in [-0.39, 0.29) is 5.75 Å². The van der Waals surface area contributed by atoms with Crippen LogP contribution in [0.15, 0.2) is 22.9 Å². The molecule has 0 saturated carbocycles. The number of rotatable bonds is 4. The predicted octanol–water partition coefficient (Wildman–Crippen LogP) is 2.58. The molecule has 0 bridgehead atoms. The van der Waals surface area contributed by atoms with Crippen molar-refractivity contribution in [3.8, 4) is 5.75 Å². The van der Waals surface area contributed by atoms with E-state index in [4.69, 9.17) is 9.26 Å². The molecule has 0 N–H and O–H groups in total. The van der Waals surface area contributed by atoms with Crippen LogP contribution in [0.1, 0.15) is 28.8 Å². The Bertz CT molecular complexity index is 827. The quantitative estimate of drug-likeness (QED) is 0.858. The summed E-state index contributed by atoms with van der Waals surface area (Å²) in [6.07, 6.45) is 3.10. The molecule has 23 heavy (non-hydrogen) atoms. The van der Waals surface area contributed by atoms with Gasteiger partial charge in [0.2, 0.25) is 10.0 Å². The summed E-state index contributed by atoms with van der Waals surface area (Å²) >= 11 is 0. The summed E-state index contributed by atoms with van der Waals surface area (Å²) in [5, 5.41) is 3.80. The number of aryl methyl sites for hydroxylation is 2. The predicted molar refractivity (Wildman–Crippen MR) is 87.3 cm³/mol. The van der Waals surface area contributed by atoms with Gasteiger partial charge in [0.05, 0.1) is 12.8 Å². The third-order valence-electron chi connectivity index (χ3n) is 4.24. The van der Waals surface area contributed by atoms with Gasteiger partial charge in [-0.15, -0.1) is 0 Å². The lowest BCUT2D eigenvalue weighted by Crippen LogP contribution is -2.37. The lowest BCUT2D eigenvalue weighted by molar-refractivity contribution is 0.412. The number of anilines is 1. The van der Waals surface area contributed by atoms with E-state index in [1.807, 2.05) is 19.1 Å². The highest BCUT2D eigenvalue weighted by Crippen LogP contribution is 2.40. The first kappa shape index (κ1) is 15.9. The zero-order valence-corrected chi connectivity index (χ0v) is 14.3. The summed E-state index contributed by atoms with van der Waals surface area (Å²) in [6, 6.07) is 3.79. The molecule has 0 saturated heterocycles. The Morgan fingerprint density at radius 2 is 2.09 bits per heavy atom. The Hall–Kier alpha value is -2.02. The molecule has 2 heterocycles. The molecule has 0 aliphatic carbocycles. The fourth-order valence-electron chi connectivity index (χ4n) is 2.96. The number of ether oxygens (including phenoxy) is 1. The minimum Gasteiger partial charge on any atom is -0.495 e. The van der Waals surface area contributed by atoms with Crippen LogP contribution < -0.4 is 9.04 Å². The molecule has 0 fully saturated rings. The van der Waals surface area contributed by atoms with E-state index < -0.39 is 10.0 Å². The Kier molecular flexibility index (Phi) is 4.06. The van der Waals surface area contributed by atoms with Gasteiger partial charge in [-0.1, -0.05) is 11.2 Å². The molecule has 1 aromatic heterocycles. The zero-order valence-electron chi connectivity index (χ0n) is 13.5. The minimum atomic E-state index is -3.56. The van der Waals surface area contributed by atoms with Crippen LogP contribution in [0.2, 0.25) is 0 Å². The fourth-order valence-corrected chi connectivity index (χ4v) is 4.63. The van der Waals surface area contributed by atoms with Crippen molar-refractivity contribution in [2.75, 3.05) is 18.0 Å². The summed E-state index contributed by atoms with van der Waals surface area (Å²) in [4.78, 5) is 0. The molecule has 6 nitrogen and oxygen atoms in total. The normalized spacial score (nSPS) is 14.7. The largest absolute Gasteiger partial charge is 0.495 e. The maximum Gasteiger partial charge on any atom is 0.241 e. The number of hydrogen-bond donors (Lipinski definition) is 0. The van der Waals surface area contributed by atoms with E-state index in [2.05, 4.69) is 5.16 Å². The second kappa shape index (κ2) is 5.88. The first-order valence-corrected chi connectivity index (χ1v) is 9.11. The molecule has 1 aliphatic rings. The van der Waals surface area contributed by atoms with Crippen molar-refractivity contribution in [1.82, 2.24) is 5.16 Å². The average Bonchev–Trinajstić information content (AvgIpc) is 2.92. The van der Waals surface area contributed by atoms with Gasteiger partial charge in [-0.2, -0.15) is 0 Å². The van der Waals surface area contributed by atoms with Crippen LogP contribution in [0.4, 0.5) is 5.69 Å². The maximum absolute atomic E-state index is 12.9. The topological polar surface area (TPSA) is 72.6 Å². The smallest absolute Gasteiger partial charge is 0.241 e. The van der Waals surface area contributed by atoms with Gasteiger partial charge in [0.15, 0.2) is 0 Å². The Morgan fingerprint density at radius 1 is 1.30 bits per heavy atom. The minimum absolute atomic E-state index is 0.175. The molecule has 124 valence electrons. The van der Waals surface area contributed by atoms with Crippen LogP contribution in [0.3, 0.4) is 0 Å². The fraction of sp³-hybridized carbons (Fsp3) is 0.438. The lowest BCUT2D eigenvalue weighted by atomic mass is 9.98. The van der Waals surface area contributed by atoms with Crippen molar-refractivity contribution in [3.63, 3.8) is 0 Å². The van der Waals surface area contributed by atoms with Gasteiger partial charge in [0, 0.05) is 12.1 Å². The molecule has 0 radical (unpaired) electrons. The van der Waals surface area contributed by atoms with Crippen molar-refractivity contribution in [2.24, 2.45) is 0 Å². The van der Waals surface area contributed by atoms with Crippen molar-refractivity contribution >= 4 is 15.7 Å². The summed E-state index contributed by atoms with van der Waals surface area (Å²) < 4.78 is 37.6. The molecular weight excluding hydrogens is 316 g/mol. The van der Waals surface area contributed by atoms with Crippen LogP contribution in [0, 0.1) is 13.8 Å². The van der Waals surface area contributed by atoms with E-state index in [1.165, 1.54) is 10.6 Å². The van der Waals surface area contributed by atoms with Crippen LogP contribution in [-0.4, -0.2) is 27.2 Å².